The second kappa shape index (κ2) is 7.37. The second-order valence-corrected chi connectivity index (χ2v) is 6.07. The Bertz CT molecular complexity index is 980. The number of hydrogen-bond acceptors (Lipinski definition) is 5. The van der Waals surface area contributed by atoms with Crippen molar-refractivity contribution in [2.24, 2.45) is 0 Å². The average Bonchev–Trinajstić information content (AvgIpc) is 3.28. The van der Waals surface area contributed by atoms with E-state index in [-0.39, 0.29) is 6.61 Å². The van der Waals surface area contributed by atoms with Gasteiger partial charge in [-0.1, -0.05) is 35.5 Å². The molecular weight excluding hydrogens is 330 g/mol. The minimum Gasteiger partial charge on any atom is -0.491 e. The maximum Gasteiger partial charge on any atom is 0.119 e. The Labute approximate surface area is 150 Å². The van der Waals surface area contributed by atoms with Crippen LogP contribution in [0.3, 0.4) is 0 Å². The Morgan fingerprint density at radius 3 is 2.73 bits per heavy atom. The van der Waals surface area contributed by atoms with Crippen molar-refractivity contribution in [3.05, 3.63) is 72.8 Å². The molecule has 26 heavy (non-hydrogen) atoms. The van der Waals surface area contributed by atoms with E-state index in [1.807, 2.05) is 65.4 Å². The summed E-state index contributed by atoms with van der Waals surface area (Å²) in [6.07, 6.45) is 2.96. The van der Waals surface area contributed by atoms with E-state index in [2.05, 4.69) is 15.3 Å². The van der Waals surface area contributed by atoms with Crippen molar-refractivity contribution in [1.29, 1.82) is 0 Å². The van der Waals surface area contributed by atoms with E-state index >= 15 is 0 Å². The average molecular weight is 349 g/mol. The first-order chi connectivity index (χ1) is 12.8. The fourth-order valence-electron chi connectivity index (χ4n) is 2.79. The molecule has 0 aliphatic rings. The molecule has 4 aromatic rings. The van der Waals surface area contributed by atoms with Gasteiger partial charge < -0.3 is 14.4 Å². The third-order valence-electron chi connectivity index (χ3n) is 4.03. The lowest BCUT2D eigenvalue weighted by Gasteiger charge is -2.11. The quantitative estimate of drug-likeness (QED) is 0.553. The molecule has 4 rings (SSSR count). The first-order valence-corrected chi connectivity index (χ1v) is 8.43. The summed E-state index contributed by atoms with van der Waals surface area (Å²) in [5.41, 5.74) is 2.82. The van der Waals surface area contributed by atoms with Crippen molar-refractivity contribution in [3.8, 4) is 5.75 Å². The minimum absolute atomic E-state index is 0.200. The summed E-state index contributed by atoms with van der Waals surface area (Å²) in [5, 5.41) is 18.4. The van der Waals surface area contributed by atoms with Crippen LogP contribution >= 0.6 is 0 Å². The first kappa shape index (κ1) is 16.3. The number of rotatable bonds is 7. The van der Waals surface area contributed by atoms with Crippen LogP contribution in [0.15, 0.2) is 67.1 Å². The Kier molecular flexibility index (Phi) is 4.61. The van der Waals surface area contributed by atoms with Gasteiger partial charge in [0, 0.05) is 0 Å². The topological polar surface area (TPSA) is 78.0 Å². The molecule has 0 bridgehead atoms. The summed E-state index contributed by atoms with van der Waals surface area (Å²) in [5.74, 6) is 0.734. The molecule has 132 valence electrons. The lowest BCUT2D eigenvalue weighted by Crippen LogP contribution is -2.23. The van der Waals surface area contributed by atoms with Crippen LogP contribution in [-0.2, 0) is 13.1 Å². The highest BCUT2D eigenvalue weighted by molar-refractivity contribution is 5.74. The molecule has 2 aromatic heterocycles. The van der Waals surface area contributed by atoms with E-state index in [1.54, 1.807) is 11.0 Å². The van der Waals surface area contributed by atoms with Gasteiger partial charge in [-0.2, -0.15) is 0 Å². The van der Waals surface area contributed by atoms with Gasteiger partial charge >= 0.3 is 0 Å². The number of fused-ring (bicyclic) bond motifs is 1. The Balaban J connectivity index is 1.35. The zero-order valence-electron chi connectivity index (χ0n) is 14.1. The van der Waals surface area contributed by atoms with Gasteiger partial charge in [0.15, 0.2) is 0 Å². The van der Waals surface area contributed by atoms with E-state index in [4.69, 9.17) is 4.74 Å². The van der Waals surface area contributed by atoms with Crippen LogP contribution in [0.4, 0.5) is 0 Å². The van der Waals surface area contributed by atoms with Crippen LogP contribution in [0.25, 0.3) is 11.0 Å². The third-order valence-corrected chi connectivity index (χ3v) is 4.03. The summed E-state index contributed by atoms with van der Waals surface area (Å²) in [6, 6.07) is 17.4. The largest absolute Gasteiger partial charge is 0.491 e. The highest BCUT2D eigenvalue weighted by Gasteiger charge is 2.10. The number of benzene rings is 2. The molecule has 0 saturated heterocycles. The summed E-state index contributed by atoms with van der Waals surface area (Å²) >= 11 is 0. The number of aliphatic hydroxyl groups is 1. The fraction of sp³-hybridized carbons (Fsp3) is 0.211. The van der Waals surface area contributed by atoms with Crippen LogP contribution in [0, 0.1) is 0 Å². The maximum absolute atomic E-state index is 10.1. The Hall–Kier alpha value is -3.19. The summed E-state index contributed by atoms with van der Waals surface area (Å²) in [7, 11) is 0. The smallest absolute Gasteiger partial charge is 0.119 e. The third kappa shape index (κ3) is 3.73. The van der Waals surface area contributed by atoms with E-state index < -0.39 is 6.10 Å². The molecule has 0 amide bonds. The van der Waals surface area contributed by atoms with Crippen molar-refractivity contribution in [2.75, 3.05) is 6.61 Å². The number of ether oxygens (including phenoxy) is 1. The number of aromatic nitrogens is 5. The van der Waals surface area contributed by atoms with E-state index in [0.29, 0.717) is 13.1 Å². The summed E-state index contributed by atoms with van der Waals surface area (Å²) in [4.78, 5) is 4.37. The van der Waals surface area contributed by atoms with Crippen LogP contribution in [0.2, 0.25) is 0 Å². The van der Waals surface area contributed by atoms with E-state index in [0.717, 1.165) is 22.5 Å². The molecule has 0 aliphatic heterocycles. The van der Waals surface area contributed by atoms with Gasteiger partial charge in [-0.05, 0) is 24.3 Å². The second-order valence-electron chi connectivity index (χ2n) is 6.07. The molecular formula is C19H19N5O2. The predicted octanol–water partition coefficient (Wildman–Crippen LogP) is 2.12. The molecule has 1 atom stereocenters. The molecule has 0 radical (unpaired) electrons. The predicted molar refractivity (Wildman–Crippen MR) is 96.8 cm³/mol. The van der Waals surface area contributed by atoms with Crippen LogP contribution < -0.4 is 4.74 Å². The maximum atomic E-state index is 10.1. The summed E-state index contributed by atoms with van der Waals surface area (Å²) < 4.78 is 9.22. The zero-order valence-corrected chi connectivity index (χ0v) is 14.1. The number of aliphatic hydroxyl groups excluding tert-OH is 1. The Morgan fingerprint density at radius 2 is 1.85 bits per heavy atom. The van der Waals surface area contributed by atoms with Gasteiger partial charge in [0.25, 0.3) is 0 Å². The lowest BCUT2D eigenvalue weighted by atomic mass is 10.3. The first-order valence-electron chi connectivity index (χ1n) is 8.43. The van der Waals surface area contributed by atoms with Crippen molar-refractivity contribution in [2.45, 2.75) is 19.2 Å². The fourth-order valence-corrected chi connectivity index (χ4v) is 2.79. The molecule has 0 saturated carbocycles. The molecule has 2 heterocycles. The lowest BCUT2D eigenvalue weighted by molar-refractivity contribution is 0.0888. The van der Waals surface area contributed by atoms with Crippen LogP contribution in [0.5, 0.6) is 5.75 Å². The Morgan fingerprint density at radius 1 is 1.04 bits per heavy atom. The molecule has 0 aliphatic carbocycles. The number of imidazole rings is 1. The van der Waals surface area contributed by atoms with Gasteiger partial charge in [-0.15, -0.1) is 5.10 Å². The molecule has 1 N–H and O–H groups in total. The number of hydrogen-bond donors (Lipinski definition) is 1. The van der Waals surface area contributed by atoms with Crippen molar-refractivity contribution < 1.29 is 9.84 Å². The number of para-hydroxylation sites is 3. The molecule has 1 unspecified atom stereocenters. The minimum atomic E-state index is -0.668. The van der Waals surface area contributed by atoms with Crippen molar-refractivity contribution in [1.82, 2.24) is 24.5 Å². The van der Waals surface area contributed by atoms with Gasteiger partial charge in [0.05, 0.1) is 36.6 Å². The molecule has 2 aromatic carbocycles. The molecule has 7 nitrogen and oxygen atoms in total. The summed E-state index contributed by atoms with van der Waals surface area (Å²) in [6.45, 7) is 1.10. The monoisotopic (exact) mass is 349 g/mol. The van der Waals surface area contributed by atoms with Gasteiger partial charge in [0.1, 0.15) is 24.2 Å². The van der Waals surface area contributed by atoms with Gasteiger partial charge in [-0.3, -0.25) is 0 Å². The van der Waals surface area contributed by atoms with Crippen LogP contribution in [-0.4, -0.2) is 42.4 Å². The normalized spacial score (nSPS) is 12.3. The zero-order chi connectivity index (χ0) is 17.8. The van der Waals surface area contributed by atoms with Gasteiger partial charge in [-0.25, -0.2) is 9.67 Å². The van der Waals surface area contributed by atoms with Crippen molar-refractivity contribution in [3.63, 3.8) is 0 Å². The highest BCUT2D eigenvalue weighted by atomic mass is 16.5. The molecule has 0 spiro atoms. The molecule has 7 heteroatoms. The SMILES string of the molecule is OC(COc1ccccc1)Cn1cc(Cn2cnc3ccccc32)nn1. The van der Waals surface area contributed by atoms with Gasteiger partial charge in [0.2, 0.25) is 0 Å². The number of nitrogens with zero attached hydrogens (tertiary/aromatic N) is 5. The standard InChI is InChI=1S/C19H19N5O2/c25-16(13-26-17-6-2-1-3-7-17)12-24-11-15(21-22-24)10-23-14-20-18-8-4-5-9-19(18)23/h1-9,11,14,16,25H,10,12-13H2. The van der Waals surface area contributed by atoms with E-state index in [1.165, 1.54) is 0 Å². The highest BCUT2D eigenvalue weighted by Crippen LogP contribution is 2.13. The molecule has 0 fully saturated rings. The van der Waals surface area contributed by atoms with Crippen molar-refractivity contribution >= 4 is 11.0 Å². The van der Waals surface area contributed by atoms with E-state index in [9.17, 15) is 5.11 Å². The van der Waals surface area contributed by atoms with Crippen LogP contribution in [0.1, 0.15) is 5.69 Å².